The fourth-order valence-corrected chi connectivity index (χ4v) is 2.87. The van der Waals surface area contributed by atoms with E-state index in [1.807, 2.05) is 0 Å². The Morgan fingerprint density at radius 1 is 1.30 bits per heavy atom. The van der Waals surface area contributed by atoms with E-state index in [9.17, 15) is 13.2 Å². The van der Waals surface area contributed by atoms with Crippen molar-refractivity contribution in [1.29, 1.82) is 0 Å². The Hall–Kier alpha value is -2.09. The van der Waals surface area contributed by atoms with Crippen molar-refractivity contribution in [3.05, 3.63) is 35.4 Å². The molecule has 1 aromatic heterocycles. The molecule has 0 bridgehead atoms. The molecular weight excluding hydrogens is 325 g/mol. The number of benzene rings is 1. The topological polar surface area (TPSA) is 55.9 Å². The molecule has 0 spiro atoms. The second-order valence-electron chi connectivity index (χ2n) is 5.39. The molecule has 4 nitrogen and oxygen atoms in total. The molecule has 23 heavy (non-hydrogen) atoms. The van der Waals surface area contributed by atoms with Crippen LogP contribution in [0.15, 0.2) is 24.3 Å². The molecule has 0 fully saturated rings. The molecule has 2 heterocycles. The Balaban J connectivity index is 2.15. The van der Waals surface area contributed by atoms with Crippen LogP contribution in [-0.2, 0) is 12.6 Å². The molecule has 2 aromatic rings. The van der Waals surface area contributed by atoms with Crippen LogP contribution in [0, 0.1) is 0 Å². The predicted octanol–water partition coefficient (Wildman–Crippen LogP) is 3.41. The van der Waals surface area contributed by atoms with E-state index in [1.54, 1.807) is 6.07 Å². The highest BCUT2D eigenvalue weighted by Crippen LogP contribution is 2.35. The van der Waals surface area contributed by atoms with Gasteiger partial charge in [0.1, 0.15) is 5.82 Å². The van der Waals surface area contributed by atoms with Crippen molar-refractivity contribution in [2.75, 3.05) is 11.9 Å². The van der Waals surface area contributed by atoms with E-state index in [0.29, 0.717) is 17.1 Å². The van der Waals surface area contributed by atoms with Crippen LogP contribution in [0.2, 0.25) is 0 Å². The molecule has 0 unspecified atom stereocenters. The van der Waals surface area contributed by atoms with Crippen LogP contribution in [0.4, 0.5) is 19.0 Å². The van der Waals surface area contributed by atoms with Crippen LogP contribution in [0.1, 0.15) is 24.0 Å². The van der Waals surface area contributed by atoms with Gasteiger partial charge in [-0.3, -0.25) is 0 Å². The monoisotopic (exact) mass is 340 g/mol. The zero-order chi connectivity index (χ0) is 16.6. The molecule has 0 atom stereocenters. The molecule has 8 heteroatoms. The largest absolute Gasteiger partial charge is 0.416 e. The van der Waals surface area contributed by atoms with Crippen LogP contribution in [0.5, 0.6) is 0 Å². The average molecular weight is 340 g/mol. The molecule has 0 amide bonds. The van der Waals surface area contributed by atoms with E-state index in [2.05, 4.69) is 10.4 Å². The van der Waals surface area contributed by atoms with Crippen molar-refractivity contribution >= 4 is 23.1 Å². The minimum absolute atomic E-state index is 0.0638. The lowest BCUT2D eigenvalue weighted by Gasteiger charge is -2.08. The number of aromatic nitrogens is 2. The second-order valence-corrected chi connectivity index (χ2v) is 5.81. The van der Waals surface area contributed by atoms with Crippen molar-refractivity contribution < 1.29 is 13.2 Å². The van der Waals surface area contributed by atoms with Gasteiger partial charge in [0.25, 0.3) is 0 Å². The fourth-order valence-electron chi connectivity index (χ4n) is 2.74. The lowest BCUT2D eigenvalue weighted by Crippen LogP contribution is -2.22. The Labute approximate surface area is 136 Å². The van der Waals surface area contributed by atoms with Gasteiger partial charge in [0, 0.05) is 17.7 Å². The third kappa shape index (κ3) is 3.03. The average Bonchev–Trinajstić information content (AvgIpc) is 2.69. The number of halogens is 3. The van der Waals surface area contributed by atoms with Gasteiger partial charge in [-0.25, -0.2) is 0 Å². The van der Waals surface area contributed by atoms with Crippen molar-refractivity contribution in [3.8, 4) is 11.3 Å². The van der Waals surface area contributed by atoms with Gasteiger partial charge in [-0.2, -0.15) is 23.0 Å². The fraction of sp³-hybridized carbons (Fsp3) is 0.333. The minimum Gasteiger partial charge on any atom is -0.374 e. The number of fused-ring (bicyclic) bond motifs is 1. The van der Waals surface area contributed by atoms with Crippen LogP contribution >= 0.6 is 12.2 Å². The Morgan fingerprint density at radius 3 is 2.78 bits per heavy atom. The van der Waals surface area contributed by atoms with Crippen LogP contribution < -0.4 is 11.1 Å². The van der Waals surface area contributed by atoms with E-state index in [4.69, 9.17) is 18.0 Å². The summed E-state index contributed by atoms with van der Waals surface area (Å²) in [6, 6.07) is 5.16. The third-order valence-corrected chi connectivity index (χ3v) is 3.97. The molecule has 3 N–H and O–H groups in total. The highest BCUT2D eigenvalue weighted by atomic mass is 32.1. The van der Waals surface area contributed by atoms with Crippen molar-refractivity contribution in [3.63, 3.8) is 0 Å². The number of anilines is 1. The quantitative estimate of drug-likeness (QED) is 0.781. The summed E-state index contributed by atoms with van der Waals surface area (Å²) in [7, 11) is 0. The molecule has 1 aliphatic rings. The maximum Gasteiger partial charge on any atom is 0.416 e. The highest BCUT2D eigenvalue weighted by Gasteiger charge is 2.31. The third-order valence-electron chi connectivity index (χ3n) is 3.80. The Kier molecular flexibility index (Phi) is 4.01. The first-order chi connectivity index (χ1) is 10.9. The summed E-state index contributed by atoms with van der Waals surface area (Å²) in [5, 5.41) is 7.63. The first-order valence-corrected chi connectivity index (χ1v) is 7.62. The summed E-state index contributed by atoms with van der Waals surface area (Å²) in [4.78, 5) is 0. The number of nitrogens with zero attached hydrogens (tertiary/aromatic N) is 2. The van der Waals surface area contributed by atoms with E-state index in [-0.39, 0.29) is 5.11 Å². The highest BCUT2D eigenvalue weighted by molar-refractivity contribution is 7.80. The number of hydrogen-bond donors (Lipinski definition) is 2. The minimum atomic E-state index is -4.39. The number of alkyl halides is 3. The molecule has 1 aromatic carbocycles. The van der Waals surface area contributed by atoms with E-state index >= 15 is 0 Å². The Morgan fingerprint density at radius 2 is 2.09 bits per heavy atom. The SMILES string of the molecule is NC(=S)n1nc(-c2cccc(C(F)(F)F)c2)c2c1NCCCC2. The van der Waals surface area contributed by atoms with Crippen molar-refractivity contribution in [1.82, 2.24) is 9.78 Å². The molecule has 122 valence electrons. The summed E-state index contributed by atoms with van der Waals surface area (Å²) < 4.78 is 40.2. The predicted molar refractivity (Wildman–Crippen MR) is 86.3 cm³/mol. The van der Waals surface area contributed by atoms with Crippen molar-refractivity contribution in [2.45, 2.75) is 25.4 Å². The van der Waals surface area contributed by atoms with Crippen LogP contribution in [0.25, 0.3) is 11.3 Å². The molecule has 0 aliphatic carbocycles. The van der Waals surface area contributed by atoms with Gasteiger partial charge in [-0.1, -0.05) is 12.1 Å². The second kappa shape index (κ2) is 5.84. The molecule has 0 saturated heterocycles. The van der Waals surface area contributed by atoms with Crippen molar-refractivity contribution in [2.24, 2.45) is 5.73 Å². The maximum absolute atomic E-state index is 12.9. The first kappa shape index (κ1) is 15.8. The summed E-state index contributed by atoms with van der Waals surface area (Å²) >= 11 is 5.00. The van der Waals surface area contributed by atoms with Gasteiger partial charge < -0.3 is 11.1 Å². The van der Waals surface area contributed by atoms with E-state index in [0.717, 1.165) is 43.5 Å². The number of hydrogen-bond acceptors (Lipinski definition) is 3. The van der Waals surface area contributed by atoms with Gasteiger partial charge in [0.15, 0.2) is 5.11 Å². The standard InChI is InChI=1S/C15H15F3N4S/c16-15(17,18)10-5-3-4-9(8-10)12-11-6-1-2-7-20-13(11)22(21-12)14(19)23/h3-5,8,20H,1-2,6-7H2,(H2,19,23). The zero-order valence-corrected chi connectivity index (χ0v) is 13.0. The summed E-state index contributed by atoms with van der Waals surface area (Å²) in [6.45, 7) is 0.753. The van der Waals surface area contributed by atoms with Gasteiger partial charge in [0.05, 0.1) is 11.3 Å². The molecule has 0 radical (unpaired) electrons. The van der Waals surface area contributed by atoms with Gasteiger partial charge in [-0.15, -0.1) is 0 Å². The Bertz CT molecular complexity index is 752. The number of nitrogens with two attached hydrogens (primary N) is 1. The summed E-state index contributed by atoms with van der Waals surface area (Å²) in [5.41, 5.74) is 6.75. The summed E-state index contributed by atoms with van der Waals surface area (Å²) in [6.07, 6.45) is -1.78. The van der Waals surface area contributed by atoms with Gasteiger partial charge >= 0.3 is 6.18 Å². The van der Waals surface area contributed by atoms with Gasteiger partial charge in [0.2, 0.25) is 0 Å². The molecule has 0 saturated carbocycles. The normalized spacial score (nSPS) is 14.7. The first-order valence-electron chi connectivity index (χ1n) is 7.21. The maximum atomic E-state index is 12.9. The number of rotatable bonds is 1. The van der Waals surface area contributed by atoms with E-state index < -0.39 is 11.7 Å². The van der Waals surface area contributed by atoms with Crippen LogP contribution in [-0.4, -0.2) is 21.4 Å². The zero-order valence-electron chi connectivity index (χ0n) is 12.2. The number of nitrogens with one attached hydrogen (secondary N) is 1. The molecule has 1 aliphatic heterocycles. The lowest BCUT2D eigenvalue weighted by atomic mass is 10.0. The van der Waals surface area contributed by atoms with E-state index in [1.165, 1.54) is 10.7 Å². The van der Waals surface area contributed by atoms with Gasteiger partial charge in [-0.05, 0) is 43.6 Å². The molecular formula is C15H15F3N4S. The summed E-state index contributed by atoms with van der Waals surface area (Å²) in [5.74, 6) is 0.683. The lowest BCUT2D eigenvalue weighted by molar-refractivity contribution is -0.137. The number of thiocarbonyl (C=S) groups is 1. The molecule has 3 rings (SSSR count). The van der Waals surface area contributed by atoms with Crippen LogP contribution in [0.3, 0.4) is 0 Å². The smallest absolute Gasteiger partial charge is 0.374 e.